The summed E-state index contributed by atoms with van der Waals surface area (Å²) in [5.74, 6) is 0.338. The Kier molecular flexibility index (Phi) is 4.05. The maximum absolute atomic E-state index is 7.42. The lowest BCUT2D eigenvalue weighted by atomic mass is 10.0. The van der Waals surface area contributed by atoms with E-state index in [4.69, 9.17) is 15.9 Å². The summed E-state index contributed by atoms with van der Waals surface area (Å²) >= 11 is 0. The van der Waals surface area contributed by atoms with Gasteiger partial charge in [-0.25, -0.2) is 0 Å². The van der Waals surface area contributed by atoms with Crippen molar-refractivity contribution >= 4 is 5.84 Å². The molecule has 1 saturated carbocycles. The minimum absolute atomic E-state index is 0.315. The maximum Gasteiger partial charge on any atom is 0.0911 e. The molecule has 1 atom stereocenters. The number of rotatable bonds is 6. The average Bonchev–Trinajstić information content (AvgIpc) is 2.97. The van der Waals surface area contributed by atoms with E-state index in [1.807, 2.05) is 0 Å². The number of hydrogen-bond acceptors (Lipinski definition) is 3. The van der Waals surface area contributed by atoms with Gasteiger partial charge >= 0.3 is 0 Å². The van der Waals surface area contributed by atoms with Crippen LogP contribution in [0.2, 0.25) is 0 Å². The first-order valence-corrected chi connectivity index (χ1v) is 6.73. The highest BCUT2D eigenvalue weighted by Crippen LogP contribution is 2.49. The number of amidine groups is 1. The molecule has 0 aromatic heterocycles. The summed E-state index contributed by atoms with van der Waals surface area (Å²) in [5.41, 5.74) is 5.83. The van der Waals surface area contributed by atoms with E-state index in [-0.39, 0.29) is 0 Å². The third-order valence-electron chi connectivity index (χ3n) is 3.92. The molecule has 4 nitrogen and oxygen atoms in total. The van der Waals surface area contributed by atoms with E-state index in [9.17, 15) is 0 Å². The number of nitrogens with two attached hydrogens (primary N) is 1. The lowest BCUT2D eigenvalue weighted by molar-refractivity contribution is -0.00397. The van der Waals surface area contributed by atoms with E-state index >= 15 is 0 Å². The molecule has 0 amide bonds. The molecule has 2 rings (SSSR count). The van der Waals surface area contributed by atoms with Gasteiger partial charge in [0.25, 0.3) is 0 Å². The van der Waals surface area contributed by atoms with Crippen LogP contribution < -0.4 is 5.73 Å². The standard InChI is InChI=1S/C13H25N3O/c1-16(9-11-4-2-3-7-17-11)10-13(5-6-13)8-12(14)15/h11H,2-10H2,1H3,(H3,14,15). The van der Waals surface area contributed by atoms with E-state index in [1.165, 1.54) is 32.1 Å². The first-order valence-electron chi connectivity index (χ1n) is 6.73. The van der Waals surface area contributed by atoms with Crippen molar-refractivity contribution < 1.29 is 4.74 Å². The minimum Gasteiger partial charge on any atom is -0.388 e. The third kappa shape index (κ3) is 3.96. The van der Waals surface area contributed by atoms with Crippen LogP contribution in [0.5, 0.6) is 0 Å². The predicted octanol–water partition coefficient (Wildman–Crippen LogP) is 1.59. The summed E-state index contributed by atoms with van der Waals surface area (Å²) in [6.45, 7) is 3.02. The molecule has 98 valence electrons. The van der Waals surface area contributed by atoms with Crippen molar-refractivity contribution in [2.24, 2.45) is 11.1 Å². The van der Waals surface area contributed by atoms with Gasteiger partial charge in [-0.1, -0.05) is 0 Å². The van der Waals surface area contributed by atoms with Crippen LogP contribution in [0.1, 0.15) is 38.5 Å². The monoisotopic (exact) mass is 239 g/mol. The molecule has 1 aliphatic heterocycles. The quantitative estimate of drug-likeness (QED) is 0.546. The fraction of sp³-hybridized carbons (Fsp3) is 0.923. The van der Waals surface area contributed by atoms with Gasteiger partial charge in [0.1, 0.15) is 0 Å². The van der Waals surface area contributed by atoms with Crippen molar-refractivity contribution in [3.05, 3.63) is 0 Å². The largest absolute Gasteiger partial charge is 0.388 e. The first-order chi connectivity index (χ1) is 8.10. The Bertz CT molecular complexity index is 270. The van der Waals surface area contributed by atoms with Gasteiger partial charge < -0.3 is 15.4 Å². The Hall–Kier alpha value is -0.610. The van der Waals surface area contributed by atoms with Crippen molar-refractivity contribution in [1.29, 1.82) is 5.41 Å². The lowest BCUT2D eigenvalue weighted by Crippen LogP contribution is -2.37. The highest BCUT2D eigenvalue weighted by atomic mass is 16.5. The zero-order valence-electron chi connectivity index (χ0n) is 10.9. The molecule has 1 saturated heterocycles. The molecule has 2 fully saturated rings. The molecule has 0 bridgehead atoms. The van der Waals surface area contributed by atoms with E-state index in [1.54, 1.807) is 0 Å². The predicted molar refractivity (Wildman–Crippen MR) is 69.3 cm³/mol. The minimum atomic E-state index is 0.315. The van der Waals surface area contributed by atoms with E-state index in [0.717, 1.165) is 26.1 Å². The Balaban J connectivity index is 1.72. The van der Waals surface area contributed by atoms with Crippen LogP contribution >= 0.6 is 0 Å². The van der Waals surface area contributed by atoms with Crippen LogP contribution in [-0.4, -0.2) is 43.6 Å². The number of likely N-dealkylation sites (N-methyl/N-ethyl adjacent to an activating group) is 1. The van der Waals surface area contributed by atoms with Gasteiger partial charge in [-0.3, -0.25) is 5.41 Å². The summed E-state index contributed by atoms with van der Waals surface area (Å²) in [7, 11) is 2.16. The fourth-order valence-electron chi connectivity index (χ4n) is 2.91. The number of ether oxygens (including phenoxy) is 1. The van der Waals surface area contributed by atoms with Gasteiger partial charge in [0.15, 0.2) is 0 Å². The van der Waals surface area contributed by atoms with E-state index in [2.05, 4.69) is 11.9 Å². The number of nitrogens with zero attached hydrogens (tertiary/aromatic N) is 1. The van der Waals surface area contributed by atoms with E-state index < -0.39 is 0 Å². The van der Waals surface area contributed by atoms with Gasteiger partial charge in [-0.15, -0.1) is 0 Å². The molecule has 17 heavy (non-hydrogen) atoms. The zero-order chi connectivity index (χ0) is 12.3. The Morgan fingerprint density at radius 1 is 1.47 bits per heavy atom. The molecule has 1 aliphatic carbocycles. The smallest absolute Gasteiger partial charge is 0.0911 e. The highest BCUT2D eigenvalue weighted by Gasteiger charge is 2.43. The van der Waals surface area contributed by atoms with E-state index in [0.29, 0.717) is 17.4 Å². The maximum atomic E-state index is 7.42. The SMILES string of the molecule is CN(CC1CCCCO1)CC1(CC(=N)N)CC1. The Morgan fingerprint density at radius 3 is 2.76 bits per heavy atom. The van der Waals surface area contributed by atoms with Crippen molar-refractivity contribution in [2.75, 3.05) is 26.7 Å². The second kappa shape index (κ2) is 5.36. The highest BCUT2D eigenvalue weighted by molar-refractivity contribution is 5.78. The summed E-state index contributed by atoms with van der Waals surface area (Å²) in [4.78, 5) is 2.37. The van der Waals surface area contributed by atoms with Gasteiger partial charge in [-0.05, 0) is 44.6 Å². The van der Waals surface area contributed by atoms with Crippen molar-refractivity contribution in [2.45, 2.75) is 44.6 Å². The normalized spacial score (nSPS) is 27.1. The molecule has 1 unspecified atom stereocenters. The van der Waals surface area contributed by atoms with Gasteiger partial charge in [0.05, 0.1) is 11.9 Å². The molecular formula is C13H25N3O. The lowest BCUT2D eigenvalue weighted by Gasteiger charge is -2.29. The second-order valence-corrected chi connectivity index (χ2v) is 5.89. The summed E-state index contributed by atoms with van der Waals surface area (Å²) < 4.78 is 5.76. The molecule has 4 heteroatoms. The van der Waals surface area contributed by atoms with Crippen LogP contribution in [0, 0.1) is 10.8 Å². The first kappa shape index (κ1) is 12.8. The zero-order valence-corrected chi connectivity index (χ0v) is 10.9. The molecule has 1 heterocycles. The van der Waals surface area contributed by atoms with Crippen LogP contribution in [0.3, 0.4) is 0 Å². The fourth-order valence-corrected chi connectivity index (χ4v) is 2.91. The van der Waals surface area contributed by atoms with Crippen LogP contribution in [0.15, 0.2) is 0 Å². The molecule has 2 aliphatic rings. The van der Waals surface area contributed by atoms with Crippen LogP contribution in [0.25, 0.3) is 0 Å². The van der Waals surface area contributed by atoms with Gasteiger partial charge in [-0.2, -0.15) is 0 Å². The molecule has 0 radical (unpaired) electrons. The molecular weight excluding hydrogens is 214 g/mol. The molecule has 0 aromatic rings. The number of nitrogens with one attached hydrogen (secondary N) is 1. The average molecular weight is 239 g/mol. The van der Waals surface area contributed by atoms with Gasteiger partial charge in [0.2, 0.25) is 0 Å². The van der Waals surface area contributed by atoms with Crippen molar-refractivity contribution in [3.8, 4) is 0 Å². The van der Waals surface area contributed by atoms with Crippen LogP contribution in [-0.2, 0) is 4.74 Å². The second-order valence-electron chi connectivity index (χ2n) is 5.89. The van der Waals surface area contributed by atoms with Crippen molar-refractivity contribution in [3.63, 3.8) is 0 Å². The van der Waals surface area contributed by atoms with Crippen molar-refractivity contribution in [1.82, 2.24) is 4.90 Å². The Morgan fingerprint density at radius 2 is 2.24 bits per heavy atom. The van der Waals surface area contributed by atoms with Crippen LogP contribution in [0.4, 0.5) is 0 Å². The summed E-state index contributed by atoms with van der Waals surface area (Å²) in [6, 6.07) is 0. The summed E-state index contributed by atoms with van der Waals surface area (Å²) in [6.07, 6.45) is 7.35. The van der Waals surface area contributed by atoms with Gasteiger partial charge in [0, 0.05) is 26.1 Å². The summed E-state index contributed by atoms with van der Waals surface area (Å²) in [5, 5.41) is 7.42. The third-order valence-corrected chi connectivity index (χ3v) is 3.92. The number of hydrogen-bond donors (Lipinski definition) is 2. The molecule has 0 aromatic carbocycles. The Labute approximate surface area is 104 Å². The molecule has 0 spiro atoms. The molecule has 3 N–H and O–H groups in total. The topological polar surface area (TPSA) is 62.3 Å².